The average Bonchev–Trinajstić information content (AvgIpc) is 3.36. The summed E-state index contributed by atoms with van der Waals surface area (Å²) in [4.78, 5) is 29.1. The molecule has 1 amide bonds. The lowest BCUT2D eigenvalue weighted by Crippen LogP contribution is -2.41. The van der Waals surface area contributed by atoms with E-state index >= 15 is 0 Å². The first-order valence-electron chi connectivity index (χ1n) is 10.9. The number of hydrogen-bond donors (Lipinski definition) is 2. The predicted molar refractivity (Wildman–Crippen MR) is 119 cm³/mol. The van der Waals surface area contributed by atoms with Gasteiger partial charge < -0.3 is 19.4 Å². The molecule has 0 fully saturated rings. The zero-order valence-corrected chi connectivity index (χ0v) is 18.6. The van der Waals surface area contributed by atoms with Crippen LogP contribution in [0.25, 0.3) is 11.0 Å². The van der Waals surface area contributed by atoms with Crippen molar-refractivity contribution in [1.82, 2.24) is 14.9 Å². The number of nitrogens with zero attached hydrogens (tertiary/aromatic N) is 2. The van der Waals surface area contributed by atoms with Gasteiger partial charge in [-0.15, -0.1) is 0 Å². The molecule has 1 aromatic carbocycles. The van der Waals surface area contributed by atoms with Crippen molar-refractivity contribution >= 4 is 22.9 Å². The van der Waals surface area contributed by atoms with Crippen LogP contribution in [0.15, 0.2) is 41.2 Å². The maximum Gasteiger partial charge on any atom is 0.326 e. The van der Waals surface area contributed by atoms with Crippen molar-refractivity contribution in [2.75, 3.05) is 0 Å². The number of hydrogen-bond acceptors (Lipinski definition) is 4. The quantitative estimate of drug-likeness (QED) is 0.486. The van der Waals surface area contributed by atoms with Gasteiger partial charge in [0.25, 0.3) is 5.91 Å². The molecule has 3 aromatic rings. The second-order valence-electron chi connectivity index (χ2n) is 8.37. The van der Waals surface area contributed by atoms with E-state index in [1.165, 1.54) is 0 Å². The fraction of sp³-hybridized carbons (Fsp3) is 0.458. The largest absolute Gasteiger partial charge is 0.480 e. The van der Waals surface area contributed by atoms with Crippen LogP contribution < -0.4 is 5.32 Å². The number of aliphatic carboxylic acids is 1. The number of fused-ring (bicyclic) bond motifs is 1. The fourth-order valence-electron chi connectivity index (χ4n) is 3.99. The van der Waals surface area contributed by atoms with Gasteiger partial charge in [0.2, 0.25) is 0 Å². The maximum absolute atomic E-state index is 12.8. The lowest BCUT2D eigenvalue weighted by Gasteiger charge is -2.19. The Hall–Kier alpha value is -3.09. The summed E-state index contributed by atoms with van der Waals surface area (Å²) in [6, 6.07) is 6.71. The summed E-state index contributed by atoms with van der Waals surface area (Å²) < 4.78 is 7.46. The van der Waals surface area contributed by atoms with Gasteiger partial charge in [-0.25, -0.2) is 9.78 Å². The summed E-state index contributed by atoms with van der Waals surface area (Å²) in [6.07, 6.45) is 6.32. The number of aromatic nitrogens is 2. The van der Waals surface area contributed by atoms with Crippen LogP contribution in [0.5, 0.6) is 0 Å². The van der Waals surface area contributed by atoms with Gasteiger partial charge in [0.15, 0.2) is 0 Å². The molecule has 0 aliphatic carbocycles. The highest BCUT2D eigenvalue weighted by Crippen LogP contribution is 2.28. The maximum atomic E-state index is 12.8. The molecule has 2 heterocycles. The van der Waals surface area contributed by atoms with Crippen molar-refractivity contribution in [1.29, 1.82) is 0 Å². The van der Waals surface area contributed by atoms with E-state index in [9.17, 15) is 14.7 Å². The second-order valence-corrected chi connectivity index (χ2v) is 8.37. The number of amides is 1. The lowest BCUT2D eigenvalue weighted by molar-refractivity contribution is -0.139. The number of carbonyl (C=O) groups is 2. The summed E-state index contributed by atoms with van der Waals surface area (Å²) >= 11 is 0. The van der Waals surface area contributed by atoms with Crippen LogP contribution in [-0.2, 0) is 11.2 Å². The highest BCUT2D eigenvalue weighted by atomic mass is 16.4. The minimum absolute atomic E-state index is 0.157. The monoisotopic (exact) mass is 425 g/mol. The number of nitrogens with one attached hydrogen (secondary N) is 1. The molecule has 1 unspecified atom stereocenters. The van der Waals surface area contributed by atoms with Gasteiger partial charge in [0.05, 0.1) is 23.6 Å². The van der Waals surface area contributed by atoms with Gasteiger partial charge >= 0.3 is 5.97 Å². The Morgan fingerprint density at radius 3 is 2.52 bits per heavy atom. The first-order valence-corrected chi connectivity index (χ1v) is 10.9. The number of carboxylic acid groups (broad SMARTS) is 1. The summed E-state index contributed by atoms with van der Waals surface area (Å²) in [5.74, 6) is -0.345. The van der Waals surface area contributed by atoms with Crippen molar-refractivity contribution in [3.05, 3.63) is 53.7 Å². The molecule has 166 valence electrons. The first-order chi connectivity index (χ1) is 14.8. The Morgan fingerprint density at radius 2 is 1.94 bits per heavy atom. The van der Waals surface area contributed by atoms with Gasteiger partial charge in [-0.2, -0.15) is 0 Å². The number of benzene rings is 1. The minimum Gasteiger partial charge on any atom is -0.480 e. The molecule has 0 aliphatic rings. The van der Waals surface area contributed by atoms with Gasteiger partial charge in [-0.1, -0.05) is 27.7 Å². The predicted octanol–water partition coefficient (Wildman–Crippen LogP) is 4.81. The molecular formula is C24H31N3O4. The normalized spacial score (nSPS) is 12.6. The first kappa shape index (κ1) is 22.6. The third kappa shape index (κ3) is 5.16. The number of carboxylic acids is 1. The van der Waals surface area contributed by atoms with Crippen LogP contribution in [0.1, 0.15) is 74.7 Å². The number of rotatable bonds is 10. The molecule has 31 heavy (non-hydrogen) atoms. The van der Waals surface area contributed by atoms with Crippen molar-refractivity contribution < 1.29 is 19.1 Å². The standard InChI is InChI=1S/C24H31N3O4/c1-5-18(6-2)27-21-8-7-17(23(28)26-20(24(29)30)11-15(3)4)13-19(21)25-22(27)12-16-9-10-31-14-16/h7-10,13-15,18,20H,5-6,11-12H2,1-4H3,(H,26,28)(H,29,30). The van der Waals surface area contributed by atoms with Crippen LogP contribution >= 0.6 is 0 Å². The smallest absolute Gasteiger partial charge is 0.326 e. The molecule has 0 saturated carbocycles. The van der Waals surface area contributed by atoms with Crippen molar-refractivity contribution in [3.63, 3.8) is 0 Å². The van der Waals surface area contributed by atoms with E-state index in [1.54, 1.807) is 24.7 Å². The summed E-state index contributed by atoms with van der Waals surface area (Å²) in [7, 11) is 0. The molecule has 0 saturated heterocycles. The van der Waals surface area contributed by atoms with E-state index in [0.29, 0.717) is 24.4 Å². The summed E-state index contributed by atoms with van der Waals surface area (Å²) in [6.45, 7) is 8.18. The SMILES string of the molecule is CCC(CC)n1c(Cc2ccoc2)nc2cc(C(=O)NC(CC(C)C)C(=O)O)ccc21. The molecule has 7 heteroatoms. The highest BCUT2D eigenvalue weighted by Gasteiger charge is 2.23. The van der Waals surface area contributed by atoms with Gasteiger partial charge in [0, 0.05) is 18.0 Å². The number of furan rings is 1. The number of carbonyl (C=O) groups excluding carboxylic acids is 1. The highest BCUT2D eigenvalue weighted by molar-refractivity contribution is 5.99. The van der Waals surface area contributed by atoms with E-state index in [-0.39, 0.29) is 5.92 Å². The molecule has 3 rings (SSSR count). The minimum atomic E-state index is -1.02. The van der Waals surface area contributed by atoms with Gasteiger partial charge in [-0.05, 0) is 55.0 Å². The van der Waals surface area contributed by atoms with E-state index in [0.717, 1.165) is 35.3 Å². The molecule has 0 spiro atoms. The molecular weight excluding hydrogens is 394 g/mol. The van der Waals surface area contributed by atoms with E-state index in [4.69, 9.17) is 9.40 Å². The van der Waals surface area contributed by atoms with Crippen LogP contribution in [-0.4, -0.2) is 32.6 Å². The molecule has 1 atom stereocenters. The van der Waals surface area contributed by atoms with Crippen LogP contribution in [0.3, 0.4) is 0 Å². The Morgan fingerprint density at radius 1 is 1.19 bits per heavy atom. The Bertz CT molecular complexity index is 1030. The molecule has 0 aliphatic heterocycles. The van der Waals surface area contributed by atoms with Gasteiger partial charge in [0.1, 0.15) is 11.9 Å². The Labute approximate surface area is 182 Å². The lowest BCUT2D eigenvalue weighted by atomic mass is 10.0. The topological polar surface area (TPSA) is 97.4 Å². The molecule has 7 nitrogen and oxygen atoms in total. The second kappa shape index (κ2) is 9.81. The third-order valence-electron chi connectivity index (χ3n) is 5.59. The zero-order valence-electron chi connectivity index (χ0n) is 18.6. The molecule has 0 radical (unpaired) electrons. The Kier molecular flexibility index (Phi) is 7.15. The average molecular weight is 426 g/mol. The Balaban J connectivity index is 1.96. The van der Waals surface area contributed by atoms with E-state index in [2.05, 4.69) is 23.7 Å². The van der Waals surface area contributed by atoms with E-state index in [1.807, 2.05) is 26.0 Å². The third-order valence-corrected chi connectivity index (χ3v) is 5.59. The van der Waals surface area contributed by atoms with Crippen LogP contribution in [0.4, 0.5) is 0 Å². The molecule has 2 aromatic heterocycles. The van der Waals surface area contributed by atoms with E-state index < -0.39 is 17.9 Å². The fourth-order valence-corrected chi connectivity index (χ4v) is 3.99. The number of imidazole rings is 1. The van der Waals surface area contributed by atoms with Crippen molar-refractivity contribution in [2.24, 2.45) is 5.92 Å². The van der Waals surface area contributed by atoms with Gasteiger partial charge in [-0.3, -0.25) is 4.79 Å². The van der Waals surface area contributed by atoms with Crippen molar-refractivity contribution in [3.8, 4) is 0 Å². The summed E-state index contributed by atoms with van der Waals surface area (Å²) in [5.41, 5.74) is 3.15. The molecule has 2 N–H and O–H groups in total. The van der Waals surface area contributed by atoms with Crippen molar-refractivity contribution in [2.45, 2.75) is 65.5 Å². The summed E-state index contributed by atoms with van der Waals surface area (Å²) in [5, 5.41) is 12.1. The zero-order chi connectivity index (χ0) is 22.5. The van der Waals surface area contributed by atoms with Crippen LogP contribution in [0, 0.1) is 5.92 Å². The molecule has 0 bridgehead atoms. The van der Waals surface area contributed by atoms with Crippen LogP contribution in [0.2, 0.25) is 0 Å².